The lowest BCUT2D eigenvalue weighted by Crippen LogP contribution is -2.22. The number of aromatic carboxylic acids is 1. The van der Waals surface area contributed by atoms with E-state index in [9.17, 15) is 4.79 Å². The summed E-state index contributed by atoms with van der Waals surface area (Å²) in [6, 6.07) is 8.94. The van der Waals surface area contributed by atoms with Gasteiger partial charge in [-0.1, -0.05) is 18.2 Å². The van der Waals surface area contributed by atoms with Crippen molar-refractivity contribution in [3.63, 3.8) is 0 Å². The smallest absolute Gasteiger partial charge is 0.354 e. The van der Waals surface area contributed by atoms with Crippen molar-refractivity contribution in [3.8, 4) is 5.88 Å². The van der Waals surface area contributed by atoms with E-state index in [1.54, 1.807) is 0 Å². The fourth-order valence-electron chi connectivity index (χ4n) is 1.87. The molecular formula is C16H19NO4. The summed E-state index contributed by atoms with van der Waals surface area (Å²) in [4.78, 5) is 15.2. The number of hydrogen-bond acceptors (Lipinski definition) is 4. The molecule has 0 spiro atoms. The second kappa shape index (κ2) is 6.10. The number of fused-ring (bicyclic) bond motifs is 1. The predicted octanol–water partition coefficient (Wildman–Crippen LogP) is 3.13. The SMILES string of the molecule is CC(C)(C)OCCOc1nc(C(=O)O)cc2ccccc12. The van der Waals surface area contributed by atoms with Gasteiger partial charge in [0.05, 0.1) is 12.2 Å². The van der Waals surface area contributed by atoms with Crippen LogP contribution in [-0.2, 0) is 4.74 Å². The molecule has 1 heterocycles. The van der Waals surface area contributed by atoms with Crippen LogP contribution in [0.2, 0.25) is 0 Å². The Balaban J connectivity index is 2.19. The molecule has 5 heteroatoms. The highest BCUT2D eigenvalue weighted by Gasteiger charge is 2.13. The number of ether oxygens (including phenoxy) is 2. The number of hydrogen-bond donors (Lipinski definition) is 1. The highest BCUT2D eigenvalue weighted by atomic mass is 16.5. The van der Waals surface area contributed by atoms with Crippen molar-refractivity contribution in [2.75, 3.05) is 13.2 Å². The molecule has 2 rings (SSSR count). The van der Waals surface area contributed by atoms with E-state index in [0.717, 1.165) is 10.8 Å². The first kappa shape index (κ1) is 15.3. The zero-order valence-corrected chi connectivity index (χ0v) is 12.4. The third kappa shape index (κ3) is 4.16. The Kier molecular flexibility index (Phi) is 4.43. The molecule has 5 nitrogen and oxygen atoms in total. The van der Waals surface area contributed by atoms with Crippen molar-refractivity contribution >= 4 is 16.7 Å². The third-order valence-corrected chi connectivity index (χ3v) is 2.78. The molecule has 1 N–H and O–H groups in total. The van der Waals surface area contributed by atoms with E-state index in [0.29, 0.717) is 19.1 Å². The highest BCUT2D eigenvalue weighted by Crippen LogP contribution is 2.24. The molecule has 1 aromatic heterocycles. The second-order valence-electron chi connectivity index (χ2n) is 5.65. The van der Waals surface area contributed by atoms with Crippen LogP contribution in [-0.4, -0.2) is 34.9 Å². The number of carbonyl (C=O) groups is 1. The average Bonchev–Trinajstić information content (AvgIpc) is 2.42. The minimum absolute atomic E-state index is 0.0274. The van der Waals surface area contributed by atoms with Crippen LogP contribution in [0, 0.1) is 0 Å². The van der Waals surface area contributed by atoms with E-state index < -0.39 is 5.97 Å². The van der Waals surface area contributed by atoms with Gasteiger partial charge in [0.15, 0.2) is 5.69 Å². The largest absolute Gasteiger partial charge is 0.477 e. The Morgan fingerprint density at radius 1 is 1.24 bits per heavy atom. The fourth-order valence-corrected chi connectivity index (χ4v) is 1.87. The van der Waals surface area contributed by atoms with Crippen molar-refractivity contribution in [3.05, 3.63) is 36.0 Å². The molecule has 0 radical (unpaired) electrons. The summed E-state index contributed by atoms with van der Waals surface area (Å²) in [5, 5.41) is 10.7. The van der Waals surface area contributed by atoms with Gasteiger partial charge in [-0.2, -0.15) is 0 Å². The first-order valence-corrected chi connectivity index (χ1v) is 6.77. The molecule has 0 saturated carbocycles. The maximum Gasteiger partial charge on any atom is 0.354 e. The van der Waals surface area contributed by atoms with Gasteiger partial charge >= 0.3 is 5.97 Å². The summed E-state index contributed by atoms with van der Waals surface area (Å²) in [5.74, 6) is -0.750. The molecule has 0 fully saturated rings. The van der Waals surface area contributed by atoms with E-state index in [-0.39, 0.29) is 11.3 Å². The molecule has 0 saturated heterocycles. The molecular weight excluding hydrogens is 270 g/mol. The Morgan fingerprint density at radius 3 is 2.62 bits per heavy atom. The number of benzene rings is 1. The van der Waals surface area contributed by atoms with E-state index >= 15 is 0 Å². The van der Waals surface area contributed by atoms with Crippen LogP contribution in [0.5, 0.6) is 5.88 Å². The van der Waals surface area contributed by atoms with E-state index in [2.05, 4.69) is 4.98 Å². The predicted molar refractivity (Wildman–Crippen MR) is 79.9 cm³/mol. The average molecular weight is 289 g/mol. The lowest BCUT2D eigenvalue weighted by Gasteiger charge is -2.19. The van der Waals surface area contributed by atoms with Gasteiger partial charge < -0.3 is 14.6 Å². The normalized spacial score (nSPS) is 11.6. The maximum absolute atomic E-state index is 11.1. The van der Waals surface area contributed by atoms with Gasteiger partial charge in [-0.3, -0.25) is 0 Å². The van der Waals surface area contributed by atoms with E-state index in [4.69, 9.17) is 14.6 Å². The number of pyridine rings is 1. The van der Waals surface area contributed by atoms with Gasteiger partial charge in [0.25, 0.3) is 0 Å². The lowest BCUT2D eigenvalue weighted by atomic mass is 10.1. The van der Waals surface area contributed by atoms with Gasteiger partial charge in [0.2, 0.25) is 5.88 Å². The second-order valence-corrected chi connectivity index (χ2v) is 5.65. The molecule has 0 aliphatic carbocycles. The summed E-state index contributed by atoms with van der Waals surface area (Å²) in [7, 11) is 0. The number of carboxylic acid groups (broad SMARTS) is 1. The first-order chi connectivity index (χ1) is 9.87. The molecule has 1 aromatic carbocycles. The van der Waals surface area contributed by atoms with Crippen LogP contribution in [0.1, 0.15) is 31.3 Å². The minimum atomic E-state index is -1.07. The van der Waals surface area contributed by atoms with Crippen LogP contribution in [0.3, 0.4) is 0 Å². The molecule has 0 unspecified atom stereocenters. The van der Waals surface area contributed by atoms with Gasteiger partial charge in [0.1, 0.15) is 6.61 Å². The van der Waals surface area contributed by atoms with Gasteiger partial charge in [-0.25, -0.2) is 9.78 Å². The van der Waals surface area contributed by atoms with E-state index in [1.165, 1.54) is 6.07 Å². The van der Waals surface area contributed by atoms with Crippen molar-refractivity contribution in [1.82, 2.24) is 4.98 Å². The van der Waals surface area contributed by atoms with Gasteiger partial charge in [0, 0.05) is 5.39 Å². The van der Waals surface area contributed by atoms with Crippen molar-refractivity contribution < 1.29 is 19.4 Å². The number of nitrogens with zero attached hydrogens (tertiary/aromatic N) is 1. The molecule has 112 valence electrons. The first-order valence-electron chi connectivity index (χ1n) is 6.77. The Hall–Kier alpha value is -2.14. The standard InChI is InChI=1S/C16H19NO4/c1-16(2,3)21-9-8-20-14-12-7-5-4-6-11(12)10-13(17-14)15(18)19/h4-7,10H,8-9H2,1-3H3,(H,18,19). The molecule has 0 amide bonds. The zero-order chi connectivity index (χ0) is 15.5. The monoisotopic (exact) mass is 289 g/mol. The van der Waals surface area contributed by atoms with E-state index in [1.807, 2.05) is 45.0 Å². The highest BCUT2D eigenvalue weighted by molar-refractivity contribution is 5.94. The Morgan fingerprint density at radius 2 is 1.95 bits per heavy atom. The Bertz CT molecular complexity index is 646. The van der Waals surface area contributed by atoms with Gasteiger partial charge in [-0.05, 0) is 38.3 Å². The summed E-state index contributed by atoms with van der Waals surface area (Å²) in [5.41, 5.74) is -0.262. The summed E-state index contributed by atoms with van der Waals surface area (Å²) < 4.78 is 11.2. The van der Waals surface area contributed by atoms with Crippen LogP contribution >= 0.6 is 0 Å². The minimum Gasteiger partial charge on any atom is -0.477 e. The molecule has 0 aliphatic rings. The summed E-state index contributed by atoms with van der Waals surface area (Å²) in [6.07, 6.45) is 0. The zero-order valence-electron chi connectivity index (χ0n) is 12.4. The molecule has 0 aliphatic heterocycles. The maximum atomic E-state index is 11.1. The van der Waals surface area contributed by atoms with Crippen LogP contribution in [0.4, 0.5) is 0 Å². The van der Waals surface area contributed by atoms with Crippen molar-refractivity contribution in [1.29, 1.82) is 0 Å². The van der Waals surface area contributed by atoms with Gasteiger partial charge in [-0.15, -0.1) is 0 Å². The fraction of sp³-hybridized carbons (Fsp3) is 0.375. The molecule has 0 bridgehead atoms. The van der Waals surface area contributed by atoms with Crippen molar-refractivity contribution in [2.45, 2.75) is 26.4 Å². The lowest BCUT2D eigenvalue weighted by molar-refractivity contribution is -0.0166. The Labute approximate surface area is 123 Å². The quantitative estimate of drug-likeness (QED) is 0.856. The molecule has 0 atom stereocenters. The van der Waals surface area contributed by atoms with Crippen LogP contribution in [0.15, 0.2) is 30.3 Å². The van der Waals surface area contributed by atoms with Crippen molar-refractivity contribution in [2.24, 2.45) is 0 Å². The summed E-state index contributed by atoms with van der Waals surface area (Å²) in [6.45, 7) is 6.62. The molecule has 2 aromatic rings. The topological polar surface area (TPSA) is 68.7 Å². The van der Waals surface area contributed by atoms with Crippen LogP contribution < -0.4 is 4.74 Å². The third-order valence-electron chi connectivity index (χ3n) is 2.78. The number of rotatable bonds is 5. The summed E-state index contributed by atoms with van der Waals surface area (Å²) >= 11 is 0. The molecule has 21 heavy (non-hydrogen) atoms. The number of carboxylic acids is 1. The van der Waals surface area contributed by atoms with Crippen LogP contribution in [0.25, 0.3) is 10.8 Å². The number of aromatic nitrogens is 1.